The number of hydrogen-bond donors (Lipinski definition) is 1. The van der Waals surface area contributed by atoms with Crippen molar-refractivity contribution >= 4 is 17.5 Å². The van der Waals surface area contributed by atoms with Crippen LogP contribution in [-0.4, -0.2) is 12.7 Å². The van der Waals surface area contributed by atoms with Crippen LogP contribution in [0.3, 0.4) is 0 Å². The van der Waals surface area contributed by atoms with E-state index in [1.54, 1.807) is 0 Å². The van der Waals surface area contributed by atoms with Crippen LogP contribution in [0.25, 0.3) is 0 Å². The highest BCUT2D eigenvalue weighted by Crippen LogP contribution is 2.31. The first kappa shape index (κ1) is 14.9. The number of fused-ring (bicyclic) bond motifs is 1. The highest BCUT2D eigenvalue weighted by molar-refractivity contribution is 6.30. The Balaban J connectivity index is 1.78. The Labute approximate surface area is 134 Å². The number of rotatable bonds is 3. The number of halogens is 1. The van der Waals surface area contributed by atoms with Gasteiger partial charge >= 0.3 is 0 Å². The van der Waals surface area contributed by atoms with Crippen molar-refractivity contribution in [2.75, 3.05) is 6.79 Å². The Hall–Kier alpha value is -2.04. The molecular weight excluding hydrogens is 302 g/mol. The molecule has 114 valence electrons. The van der Waals surface area contributed by atoms with Gasteiger partial charge in [-0.05, 0) is 30.7 Å². The van der Waals surface area contributed by atoms with Gasteiger partial charge in [0, 0.05) is 28.3 Å². The lowest BCUT2D eigenvalue weighted by atomic mass is 10.1. The first-order valence-electron chi connectivity index (χ1n) is 7.01. The molecule has 0 saturated carbocycles. The van der Waals surface area contributed by atoms with Crippen LogP contribution < -0.4 is 10.1 Å². The molecule has 0 unspecified atom stereocenters. The fourth-order valence-corrected chi connectivity index (χ4v) is 2.75. The van der Waals surface area contributed by atoms with E-state index < -0.39 is 0 Å². The normalized spacial score (nSPS) is 13.2. The Kier molecular flexibility index (Phi) is 4.32. The molecule has 1 heterocycles. The first-order chi connectivity index (χ1) is 10.6. The van der Waals surface area contributed by atoms with E-state index in [0.29, 0.717) is 23.7 Å². The molecule has 1 N–H and O–H groups in total. The average molecular weight is 318 g/mol. The maximum Gasteiger partial charge on any atom is 0.251 e. The molecule has 1 amide bonds. The van der Waals surface area contributed by atoms with Crippen molar-refractivity contribution in [1.29, 1.82) is 0 Å². The summed E-state index contributed by atoms with van der Waals surface area (Å²) in [7, 11) is 0. The maximum atomic E-state index is 12.3. The molecule has 0 fully saturated rings. The van der Waals surface area contributed by atoms with Gasteiger partial charge < -0.3 is 14.8 Å². The summed E-state index contributed by atoms with van der Waals surface area (Å²) < 4.78 is 10.8. The number of ether oxygens (including phenoxy) is 2. The minimum absolute atomic E-state index is 0.112. The number of hydrogen-bond acceptors (Lipinski definition) is 3. The molecular formula is C17H16ClNO3. The van der Waals surface area contributed by atoms with Gasteiger partial charge in [0.2, 0.25) is 0 Å². The third kappa shape index (κ3) is 3.08. The van der Waals surface area contributed by atoms with E-state index in [0.717, 1.165) is 22.4 Å². The summed E-state index contributed by atoms with van der Waals surface area (Å²) in [5, 5.41) is 3.52. The molecule has 22 heavy (non-hydrogen) atoms. The van der Waals surface area contributed by atoms with E-state index >= 15 is 0 Å². The molecule has 0 aromatic heterocycles. The van der Waals surface area contributed by atoms with E-state index in [1.807, 2.05) is 43.3 Å². The predicted octanol–water partition coefficient (Wildman–Crippen LogP) is 3.44. The van der Waals surface area contributed by atoms with Crippen LogP contribution >= 0.6 is 11.6 Å². The van der Waals surface area contributed by atoms with Crippen molar-refractivity contribution in [3.63, 3.8) is 0 Å². The SMILES string of the molecule is Cc1ccccc1C(=O)NCc1cc(Cl)cc2c1OCOC2. The van der Waals surface area contributed by atoms with E-state index in [2.05, 4.69) is 5.32 Å². The third-order valence-corrected chi connectivity index (χ3v) is 3.80. The summed E-state index contributed by atoms with van der Waals surface area (Å²) in [5.41, 5.74) is 3.37. The molecule has 0 atom stereocenters. The van der Waals surface area contributed by atoms with E-state index in [4.69, 9.17) is 21.1 Å². The van der Waals surface area contributed by atoms with Crippen molar-refractivity contribution in [2.45, 2.75) is 20.1 Å². The molecule has 0 spiro atoms. The Morgan fingerprint density at radius 2 is 2.14 bits per heavy atom. The summed E-state index contributed by atoms with van der Waals surface area (Å²) >= 11 is 6.12. The van der Waals surface area contributed by atoms with Gasteiger partial charge in [0.15, 0.2) is 6.79 Å². The Morgan fingerprint density at radius 1 is 1.32 bits per heavy atom. The van der Waals surface area contributed by atoms with Crippen molar-refractivity contribution in [1.82, 2.24) is 5.32 Å². The maximum absolute atomic E-state index is 12.3. The molecule has 0 saturated heterocycles. The van der Waals surface area contributed by atoms with Gasteiger partial charge in [0.05, 0.1) is 6.61 Å². The minimum atomic E-state index is -0.112. The predicted molar refractivity (Wildman–Crippen MR) is 84.1 cm³/mol. The van der Waals surface area contributed by atoms with Crippen LogP contribution in [0.5, 0.6) is 5.75 Å². The standard InChI is InChI=1S/C17H16ClNO3/c1-11-4-2-3-5-15(11)17(20)19-8-12-6-14(18)7-13-9-21-10-22-16(12)13/h2-7H,8-10H2,1H3,(H,19,20). The fourth-order valence-electron chi connectivity index (χ4n) is 2.49. The van der Waals surface area contributed by atoms with Crippen LogP contribution in [0, 0.1) is 6.92 Å². The summed E-state index contributed by atoms with van der Waals surface area (Å²) in [6, 6.07) is 11.1. The van der Waals surface area contributed by atoms with Crippen LogP contribution in [0.4, 0.5) is 0 Å². The Bertz CT molecular complexity index is 715. The molecule has 0 aliphatic carbocycles. The summed E-state index contributed by atoms with van der Waals surface area (Å²) in [6.45, 7) is 2.95. The summed E-state index contributed by atoms with van der Waals surface area (Å²) in [6.07, 6.45) is 0. The van der Waals surface area contributed by atoms with E-state index in [9.17, 15) is 4.79 Å². The number of aryl methyl sites for hydroxylation is 1. The molecule has 3 rings (SSSR count). The number of amides is 1. The molecule has 4 nitrogen and oxygen atoms in total. The lowest BCUT2D eigenvalue weighted by Gasteiger charge is -2.21. The highest BCUT2D eigenvalue weighted by atomic mass is 35.5. The topological polar surface area (TPSA) is 47.6 Å². The number of nitrogens with one attached hydrogen (secondary N) is 1. The lowest BCUT2D eigenvalue weighted by Crippen LogP contribution is -2.24. The zero-order valence-corrected chi connectivity index (χ0v) is 12.9. The molecule has 1 aliphatic rings. The average Bonchev–Trinajstić information content (AvgIpc) is 2.52. The molecule has 5 heteroatoms. The van der Waals surface area contributed by atoms with Gasteiger partial charge in [-0.3, -0.25) is 4.79 Å². The second-order valence-corrected chi connectivity index (χ2v) is 5.60. The molecule has 0 radical (unpaired) electrons. The second kappa shape index (κ2) is 6.38. The van der Waals surface area contributed by atoms with Gasteiger partial charge in [-0.2, -0.15) is 0 Å². The number of carbonyl (C=O) groups excluding carboxylic acids is 1. The largest absolute Gasteiger partial charge is 0.467 e. The van der Waals surface area contributed by atoms with E-state index in [-0.39, 0.29) is 12.7 Å². The lowest BCUT2D eigenvalue weighted by molar-refractivity contribution is -0.0170. The molecule has 2 aromatic carbocycles. The quantitative estimate of drug-likeness (QED) is 0.943. The van der Waals surface area contributed by atoms with Crippen molar-refractivity contribution < 1.29 is 14.3 Å². The van der Waals surface area contributed by atoms with Crippen LogP contribution in [0.1, 0.15) is 27.0 Å². The van der Waals surface area contributed by atoms with Crippen molar-refractivity contribution in [3.05, 3.63) is 63.7 Å². The van der Waals surface area contributed by atoms with Gasteiger partial charge in [0.25, 0.3) is 5.91 Å². The molecule has 0 bridgehead atoms. The second-order valence-electron chi connectivity index (χ2n) is 5.16. The fraction of sp³-hybridized carbons (Fsp3) is 0.235. The van der Waals surface area contributed by atoms with Gasteiger partial charge in [-0.25, -0.2) is 0 Å². The number of benzene rings is 2. The van der Waals surface area contributed by atoms with Crippen LogP contribution in [-0.2, 0) is 17.9 Å². The van der Waals surface area contributed by atoms with Crippen molar-refractivity contribution in [2.24, 2.45) is 0 Å². The monoisotopic (exact) mass is 317 g/mol. The third-order valence-electron chi connectivity index (χ3n) is 3.58. The summed E-state index contributed by atoms with van der Waals surface area (Å²) in [4.78, 5) is 12.3. The first-order valence-corrected chi connectivity index (χ1v) is 7.38. The summed E-state index contributed by atoms with van der Waals surface area (Å²) in [5.74, 6) is 0.639. The minimum Gasteiger partial charge on any atom is -0.467 e. The molecule has 1 aliphatic heterocycles. The molecule has 2 aromatic rings. The smallest absolute Gasteiger partial charge is 0.251 e. The van der Waals surface area contributed by atoms with E-state index in [1.165, 1.54) is 0 Å². The zero-order chi connectivity index (χ0) is 15.5. The Morgan fingerprint density at radius 3 is 2.95 bits per heavy atom. The van der Waals surface area contributed by atoms with Gasteiger partial charge in [0.1, 0.15) is 5.75 Å². The highest BCUT2D eigenvalue weighted by Gasteiger charge is 2.17. The van der Waals surface area contributed by atoms with Crippen LogP contribution in [0.2, 0.25) is 5.02 Å². The number of carbonyl (C=O) groups is 1. The van der Waals surface area contributed by atoms with Crippen molar-refractivity contribution in [3.8, 4) is 5.75 Å². The van der Waals surface area contributed by atoms with Crippen LogP contribution in [0.15, 0.2) is 36.4 Å². The van der Waals surface area contributed by atoms with Gasteiger partial charge in [-0.15, -0.1) is 0 Å². The van der Waals surface area contributed by atoms with Gasteiger partial charge in [-0.1, -0.05) is 29.8 Å². The zero-order valence-electron chi connectivity index (χ0n) is 12.2.